The molecule has 0 bridgehead atoms. The summed E-state index contributed by atoms with van der Waals surface area (Å²) in [6.45, 7) is 0. The Kier molecular flexibility index (Phi) is 3.59. The molecule has 1 saturated heterocycles. The highest BCUT2D eigenvalue weighted by Crippen LogP contribution is 2.44. The SMILES string of the molecule is COc1ccc2c(c1OC)C(=O)O[C@@H]2N1C(=O)CC[C@@H]1C(=O)O. The fraction of sp³-hybridized carbons (Fsp3) is 0.400. The van der Waals surface area contributed by atoms with E-state index in [9.17, 15) is 19.5 Å². The van der Waals surface area contributed by atoms with Crippen molar-refractivity contribution >= 4 is 17.8 Å². The van der Waals surface area contributed by atoms with Crippen LogP contribution in [0.2, 0.25) is 0 Å². The molecule has 0 saturated carbocycles. The molecular weight excluding hydrogens is 306 g/mol. The molecule has 8 nitrogen and oxygen atoms in total. The van der Waals surface area contributed by atoms with Crippen LogP contribution in [0.5, 0.6) is 11.5 Å². The number of cyclic esters (lactones) is 1. The number of rotatable bonds is 4. The zero-order valence-electron chi connectivity index (χ0n) is 12.6. The number of benzene rings is 1. The second kappa shape index (κ2) is 5.45. The van der Waals surface area contributed by atoms with Crippen LogP contribution in [0.4, 0.5) is 0 Å². The summed E-state index contributed by atoms with van der Waals surface area (Å²) in [4.78, 5) is 36.8. The lowest BCUT2D eigenvalue weighted by Gasteiger charge is -2.27. The maximum Gasteiger partial charge on any atom is 0.344 e. The van der Waals surface area contributed by atoms with Crippen molar-refractivity contribution in [3.63, 3.8) is 0 Å². The number of ether oxygens (including phenoxy) is 3. The Labute approximate surface area is 131 Å². The number of amides is 1. The number of carboxylic acid groups (broad SMARTS) is 1. The van der Waals surface area contributed by atoms with E-state index in [4.69, 9.17) is 14.2 Å². The van der Waals surface area contributed by atoms with Crippen molar-refractivity contribution in [2.24, 2.45) is 0 Å². The average molecular weight is 321 g/mol. The van der Waals surface area contributed by atoms with Gasteiger partial charge in [-0.05, 0) is 18.6 Å². The number of fused-ring (bicyclic) bond motifs is 1. The Morgan fingerprint density at radius 2 is 2.04 bits per heavy atom. The van der Waals surface area contributed by atoms with Gasteiger partial charge in [-0.2, -0.15) is 0 Å². The van der Waals surface area contributed by atoms with Gasteiger partial charge >= 0.3 is 11.9 Å². The number of hydrogen-bond donors (Lipinski definition) is 1. The summed E-state index contributed by atoms with van der Waals surface area (Å²) in [7, 11) is 2.83. The molecule has 1 fully saturated rings. The number of aliphatic carboxylic acids is 1. The summed E-state index contributed by atoms with van der Waals surface area (Å²) in [6.07, 6.45) is -0.772. The molecule has 3 rings (SSSR count). The Bertz CT molecular complexity index is 699. The van der Waals surface area contributed by atoms with E-state index in [1.165, 1.54) is 14.2 Å². The van der Waals surface area contributed by atoms with Gasteiger partial charge < -0.3 is 19.3 Å². The number of carbonyl (C=O) groups excluding carboxylic acids is 2. The van der Waals surface area contributed by atoms with Gasteiger partial charge in [-0.15, -0.1) is 0 Å². The standard InChI is InChI=1S/C15H15NO7/c1-21-9-5-3-7-11(12(9)22-2)15(20)23-13(7)16-8(14(18)19)4-6-10(16)17/h3,5,8,13H,4,6H2,1-2H3,(H,18,19)/t8-,13+/m1/s1. The Morgan fingerprint density at radius 3 is 2.65 bits per heavy atom. The van der Waals surface area contributed by atoms with Gasteiger partial charge in [-0.1, -0.05) is 0 Å². The first-order chi connectivity index (χ1) is 11.0. The van der Waals surface area contributed by atoms with E-state index in [0.29, 0.717) is 11.3 Å². The third kappa shape index (κ3) is 2.18. The van der Waals surface area contributed by atoms with Crippen LogP contribution in [0.1, 0.15) is 35.0 Å². The molecule has 1 aromatic carbocycles. The first-order valence-electron chi connectivity index (χ1n) is 6.99. The van der Waals surface area contributed by atoms with E-state index in [1.807, 2.05) is 0 Å². The minimum atomic E-state index is -1.12. The van der Waals surface area contributed by atoms with Crippen LogP contribution in [-0.4, -0.2) is 48.1 Å². The van der Waals surface area contributed by atoms with E-state index < -0.39 is 24.2 Å². The monoisotopic (exact) mass is 321 g/mol. The maximum atomic E-state index is 12.2. The molecule has 1 amide bonds. The highest BCUT2D eigenvalue weighted by Gasteiger charge is 2.47. The van der Waals surface area contributed by atoms with Crippen LogP contribution in [0, 0.1) is 0 Å². The summed E-state index contributed by atoms with van der Waals surface area (Å²) in [5.41, 5.74) is 0.551. The zero-order valence-corrected chi connectivity index (χ0v) is 12.6. The molecule has 8 heteroatoms. The van der Waals surface area contributed by atoms with E-state index >= 15 is 0 Å². The van der Waals surface area contributed by atoms with Crippen LogP contribution in [-0.2, 0) is 14.3 Å². The van der Waals surface area contributed by atoms with E-state index in [-0.39, 0.29) is 30.1 Å². The first-order valence-corrected chi connectivity index (χ1v) is 6.99. The summed E-state index contributed by atoms with van der Waals surface area (Å²) in [6, 6.07) is 2.15. The number of methoxy groups -OCH3 is 2. The van der Waals surface area contributed by atoms with Crippen molar-refractivity contribution in [1.82, 2.24) is 4.90 Å². The van der Waals surface area contributed by atoms with Crippen molar-refractivity contribution in [2.45, 2.75) is 25.1 Å². The van der Waals surface area contributed by atoms with Gasteiger partial charge in [0.15, 0.2) is 11.5 Å². The molecule has 0 aliphatic carbocycles. The van der Waals surface area contributed by atoms with Crippen molar-refractivity contribution in [2.75, 3.05) is 14.2 Å². The summed E-state index contributed by atoms with van der Waals surface area (Å²) >= 11 is 0. The van der Waals surface area contributed by atoms with Crippen molar-refractivity contribution in [3.05, 3.63) is 23.3 Å². The topological polar surface area (TPSA) is 102 Å². The molecule has 122 valence electrons. The largest absolute Gasteiger partial charge is 0.493 e. The van der Waals surface area contributed by atoms with E-state index in [2.05, 4.69) is 0 Å². The lowest BCUT2D eigenvalue weighted by Crippen LogP contribution is -2.41. The molecule has 2 aliphatic rings. The van der Waals surface area contributed by atoms with Crippen LogP contribution in [0.15, 0.2) is 12.1 Å². The van der Waals surface area contributed by atoms with E-state index in [1.54, 1.807) is 12.1 Å². The molecule has 2 atom stereocenters. The highest BCUT2D eigenvalue weighted by atomic mass is 16.6. The fourth-order valence-corrected chi connectivity index (χ4v) is 3.03. The minimum Gasteiger partial charge on any atom is -0.493 e. The normalized spacial score (nSPS) is 22.8. The first kappa shape index (κ1) is 15.1. The molecule has 0 spiro atoms. The summed E-state index contributed by atoms with van der Waals surface area (Å²) < 4.78 is 15.6. The van der Waals surface area contributed by atoms with Gasteiger partial charge in [-0.3, -0.25) is 9.69 Å². The molecule has 1 N–H and O–H groups in total. The van der Waals surface area contributed by atoms with Crippen LogP contribution >= 0.6 is 0 Å². The predicted molar refractivity (Wildman–Crippen MR) is 75.2 cm³/mol. The summed E-state index contributed by atoms with van der Waals surface area (Å²) in [5, 5.41) is 9.28. The predicted octanol–water partition coefficient (Wildman–Crippen LogP) is 0.948. The highest BCUT2D eigenvalue weighted by molar-refractivity contribution is 5.99. The molecule has 0 radical (unpaired) electrons. The van der Waals surface area contributed by atoms with Gasteiger partial charge in [0, 0.05) is 12.0 Å². The summed E-state index contributed by atoms with van der Waals surface area (Å²) in [5.74, 6) is -1.61. The van der Waals surface area contributed by atoms with Gasteiger partial charge in [-0.25, -0.2) is 9.59 Å². The lowest BCUT2D eigenvalue weighted by atomic mass is 10.1. The number of likely N-dealkylation sites (tertiary alicyclic amines) is 1. The number of carbonyl (C=O) groups is 3. The third-order valence-electron chi connectivity index (χ3n) is 4.06. The number of carboxylic acids is 1. The molecule has 0 aromatic heterocycles. The van der Waals surface area contributed by atoms with Gasteiger partial charge in [0.05, 0.1) is 14.2 Å². The quantitative estimate of drug-likeness (QED) is 0.824. The van der Waals surface area contributed by atoms with Crippen molar-refractivity contribution < 1.29 is 33.7 Å². The van der Waals surface area contributed by atoms with Crippen LogP contribution in [0.3, 0.4) is 0 Å². The number of nitrogens with zero attached hydrogens (tertiary/aromatic N) is 1. The van der Waals surface area contributed by atoms with Gasteiger partial charge in [0.2, 0.25) is 12.1 Å². The fourth-order valence-electron chi connectivity index (χ4n) is 3.03. The lowest BCUT2D eigenvalue weighted by molar-refractivity contribution is -0.154. The minimum absolute atomic E-state index is 0.105. The maximum absolute atomic E-state index is 12.2. The Morgan fingerprint density at radius 1 is 1.30 bits per heavy atom. The number of esters is 1. The Hall–Kier alpha value is -2.77. The average Bonchev–Trinajstić information content (AvgIpc) is 3.06. The second-order valence-corrected chi connectivity index (χ2v) is 5.22. The second-order valence-electron chi connectivity index (χ2n) is 5.22. The molecule has 23 heavy (non-hydrogen) atoms. The van der Waals surface area contributed by atoms with E-state index in [0.717, 1.165) is 4.90 Å². The zero-order chi connectivity index (χ0) is 16.7. The Balaban J connectivity index is 2.08. The van der Waals surface area contributed by atoms with Crippen LogP contribution < -0.4 is 9.47 Å². The molecular formula is C15H15NO7. The van der Waals surface area contributed by atoms with Crippen molar-refractivity contribution in [1.29, 1.82) is 0 Å². The molecule has 2 heterocycles. The smallest absolute Gasteiger partial charge is 0.344 e. The molecule has 0 unspecified atom stereocenters. The van der Waals surface area contributed by atoms with Crippen molar-refractivity contribution in [3.8, 4) is 11.5 Å². The van der Waals surface area contributed by atoms with Gasteiger partial charge in [0.25, 0.3) is 0 Å². The molecule has 1 aromatic rings. The van der Waals surface area contributed by atoms with Crippen LogP contribution in [0.25, 0.3) is 0 Å². The third-order valence-corrected chi connectivity index (χ3v) is 4.06. The van der Waals surface area contributed by atoms with Gasteiger partial charge in [0.1, 0.15) is 11.6 Å². The number of hydrogen-bond acceptors (Lipinski definition) is 6. The molecule has 2 aliphatic heterocycles.